The number of aromatic nitrogens is 1. The number of pyridine rings is 1. The van der Waals surface area contributed by atoms with Crippen molar-refractivity contribution in [2.45, 2.75) is 32.0 Å². The lowest BCUT2D eigenvalue weighted by atomic mass is 9.91. The van der Waals surface area contributed by atoms with E-state index in [0.717, 1.165) is 5.69 Å². The Balaban J connectivity index is 1.87. The van der Waals surface area contributed by atoms with E-state index in [1.165, 1.54) is 4.90 Å². The number of carbonyl (C=O) groups excluding carboxylic acids is 1. The number of aliphatic hydroxyl groups excluding tert-OH is 1. The van der Waals surface area contributed by atoms with E-state index in [0.29, 0.717) is 5.69 Å². The maximum Gasteiger partial charge on any atom is 0.414 e. The van der Waals surface area contributed by atoms with Gasteiger partial charge in [-0.05, 0) is 37.8 Å². The summed E-state index contributed by atoms with van der Waals surface area (Å²) in [6, 6.07) is 2.99. The van der Waals surface area contributed by atoms with Crippen molar-refractivity contribution in [3.63, 3.8) is 0 Å². The molecule has 1 saturated heterocycles. The Labute approximate surface area is 126 Å². The molecule has 22 heavy (non-hydrogen) atoms. The van der Waals surface area contributed by atoms with Gasteiger partial charge in [0.15, 0.2) is 6.10 Å². The molecule has 1 aliphatic heterocycles. The number of carbonyl (C=O) groups is 1. The number of piperidine rings is 1. The number of halogens is 3. The summed E-state index contributed by atoms with van der Waals surface area (Å²) in [5, 5.41) is 11.9. The van der Waals surface area contributed by atoms with E-state index in [9.17, 15) is 23.1 Å². The number of anilines is 1. The topological polar surface area (TPSA) is 65.5 Å². The maximum atomic E-state index is 12.5. The first-order chi connectivity index (χ1) is 10.3. The highest BCUT2D eigenvalue weighted by molar-refractivity contribution is 5.89. The van der Waals surface area contributed by atoms with Crippen molar-refractivity contribution >= 4 is 11.7 Å². The largest absolute Gasteiger partial charge is 0.414 e. The Morgan fingerprint density at radius 3 is 2.64 bits per heavy atom. The molecule has 1 aromatic rings. The SMILES string of the molecule is Cc1cc(NC(=O)N2CCC(C(O)C(F)(F)F)CC2)ccn1. The molecule has 1 atom stereocenters. The van der Waals surface area contributed by atoms with Crippen molar-refractivity contribution in [1.82, 2.24) is 9.88 Å². The van der Waals surface area contributed by atoms with Crippen LogP contribution in [0.5, 0.6) is 0 Å². The standard InChI is InChI=1S/C14H18F3N3O2/c1-9-8-11(2-5-18-9)19-13(22)20-6-3-10(4-7-20)12(21)14(15,16)17/h2,5,8,10,12,21H,3-4,6-7H2,1H3,(H,18,19,22). The van der Waals surface area contributed by atoms with E-state index in [-0.39, 0.29) is 32.0 Å². The molecule has 0 spiro atoms. The van der Waals surface area contributed by atoms with Crippen molar-refractivity contribution < 1.29 is 23.1 Å². The van der Waals surface area contributed by atoms with E-state index in [2.05, 4.69) is 10.3 Å². The van der Waals surface area contributed by atoms with Crippen LogP contribution in [0.3, 0.4) is 0 Å². The van der Waals surface area contributed by atoms with E-state index >= 15 is 0 Å². The van der Waals surface area contributed by atoms with Crippen molar-refractivity contribution in [3.8, 4) is 0 Å². The first-order valence-corrected chi connectivity index (χ1v) is 7.01. The number of hydrogen-bond donors (Lipinski definition) is 2. The first kappa shape index (κ1) is 16.5. The van der Waals surface area contributed by atoms with Gasteiger partial charge in [0.2, 0.25) is 0 Å². The molecule has 122 valence electrons. The fourth-order valence-corrected chi connectivity index (χ4v) is 2.51. The van der Waals surface area contributed by atoms with Gasteiger partial charge in [0, 0.05) is 30.7 Å². The van der Waals surface area contributed by atoms with Crippen LogP contribution in [0.4, 0.5) is 23.7 Å². The monoisotopic (exact) mass is 317 g/mol. The summed E-state index contributed by atoms with van der Waals surface area (Å²) in [6.45, 7) is 2.17. The van der Waals surface area contributed by atoms with Gasteiger partial charge in [0.05, 0.1) is 0 Å². The molecular weight excluding hydrogens is 299 g/mol. The van der Waals surface area contributed by atoms with E-state index in [4.69, 9.17) is 0 Å². The number of aryl methyl sites for hydroxylation is 1. The molecule has 2 N–H and O–H groups in total. The summed E-state index contributed by atoms with van der Waals surface area (Å²) < 4.78 is 37.4. The molecule has 0 bridgehead atoms. The molecule has 2 rings (SSSR count). The molecule has 0 radical (unpaired) electrons. The molecule has 1 fully saturated rings. The molecule has 2 heterocycles. The van der Waals surface area contributed by atoms with Crippen LogP contribution in [0.25, 0.3) is 0 Å². The minimum Gasteiger partial charge on any atom is -0.383 e. The highest BCUT2D eigenvalue weighted by Crippen LogP contribution is 2.31. The Kier molecular flexibility index (Phi) is 4.90. The number of alkyl halides is 3. The lowest BCUT2D eigenvalue weighted by molar-refractivity contribution is -0.222. The zero-order valence-electron chi connectivity index (χ0n) is 12.1. The van der Waals surface area contributed by atoms with Gasteiger partial charge in [-0.15, -0.1) is 0 Å². The van der Waals surface area contributed by atoms with Crippen LogP contribution in [0.15, 0.2) is 18.3 Å². The smallest absolute Gasteiger partial charge is 0.383 e. The van der Waals surface area contributed by atoms with Gasteiger partial charge in [0.1, 0.15) is 0 Å². The maximum absolute atomic E-state index is 12.5. The van der Waals surface area contributed by atoms with Crippen LogP contribution in [0.1, 0.15) is 18.5 Å². The van der Waals surface area contributed by atoms with Crippen LogP contribution in [0, 0.1) is 12.8 Å². The second kappa shape index (κ2) is 6.51. The number of urea groups is 1. The number of rotatable bonds is 2. The number of hydrogen-bond acceptors (Lipinski definition) is 3. The van der Waals surface area contributed by atoms with Gasteiger partial charge in [-0.25, -0.2) is 4.79 Å². The van der Waals surface area contributed by atoms with Gasteiger partial charge in [0.25, 0.3) is 0 Å². The normalized spacial score (nSPS) is 18.1. The van der Waals surface area contributed by atoms with Crippen LogP contribution in [0.2, 0.25) is 0 Å². The number of aliphatic hydroxyl groups is 1. The average molecular weight is 317 g/mol. The van der Waals surface area contributed by atoms with Gasteiger partial charge in [-0.2, -0.15) is 13.2 Å². The van der Waals surface area contributed by atoms with Crippen LogP contribution in [-0.4, -0.2) is 46.4 Å². The van der Waals surface area contributed by atoms with Gasteiger partial charge in [-0.1, -0.05) is 0 Å². The zero-order chi connectivity index (χ0) is 16.3. The first-order valence-electron chi connectivity index (χ1n) is 7.01. The molecule has 0 aromatic carbocycles. The van der Waals surface area contributed by atoms with E-state index in [1.54, 1.807) is 25.3 Å². The number of amides is 2. The number of nitrogens with one attached hydrogen (secondary N) is 1. The third-order valence-electron chi connectivity index (χ3n) is 3.76. The zero-order valence-corrected chi connectivity index (χ0v) is 12.1. The van der Waals surface area contributed by atoms with Crippen molar-refractivity contribution in [2.24, 2.45) is 5.92 Å². The minimum absolute atomic E-state index is 0.128. The molecule has 2 amide bonds. The summed E-state index contributed by atoms with van der Waals surface area (Å²) in [5.41, 5.74) is 1.35. The van der Waals surface area contributed by atoms with Crippen molar-refractivity contribution in [1.29, 1.82) is 0 Å². The van der Waals surface area contributed by atoms with E-state index < -0.39 is 18.2 Å². The summed E-state index contributed by atoms with van der Waals surface area (Å²) in [5.74, 6) is -0.854. The second-order valence-electron chi connectivity index (χ2n) is 5.43. The Morgan fingerprint density at radius 1 is 1.45 bits per heavy atom. The quantitative estimate of drug-likeness (QED) is 0.881. The second-order valence-corrected chi connectivity index (χ2v) is 5.43. The Morgan fingerprint density at radius 2 is 2.09 bits per heavy atom. The predicted octanol–water partition coefficient (Wildman–Crippen LogP) is 2.56. The van der Waals surface area contributed by atoms with Crippen LogP contribution < -0.4 is 5.32 Å². The summed E-state index contributed by atoms with van der Waals surface area (Å²) >= 11 is 0. The molecule has 1 aromatic heterocycles. The number of nitrogens with zero attached hydrogens (tertiary/aromatic N) is 2. The molecule has 0 saturated carbocycles. The summed E-state index contributed by atoms with van der Waals surface area (Å²) in [4.78, 5) is 17.5. The minimum atomic E-state index is -4.61. The van der Waals surface area contributed by atoms with E-state index in [1.807, 2.05) is 0 Å². The van der Waals surface area contributed by atoms with Crippen LogP contribution in [-0.2, 0) is 0 Å². The summed E-state index contributed by atoms with van der Waals surface area (Å²) in [6.07, 6.45) is -5.10. The lowest BCUT2D eigenvalue weighted by Crippen LogP contribution is -2.46. The average Bonchev–Trinajstić information content (AvgIpc) is 2.45. The Hall–Kier alpha value is -1.83. The highest BCUT2D eigenvalue weighted by Gasteiger charge is 2.44. The van der Waals surface area contributed by atoms with Crippen molar-refractivity contribution in [3.05, 3.63) is 24.0 Å². The van der Waals surface area contributed by atoms with Crippen molar-refractivity contribution in [2.75, 3.05) is 18.4 Å². The van der Waals surface area contributed by atoms with Gasteiger partial charge < -0.3 is 15.3 Å². The fraction of sp³-hybridized carbons (Fsp3) is 0.571. The fourth-order valence-electron chi connectivity index (χ4n) is 2.51. The summed E-state index contributed by atoms with van der Waals surface area (Å²) in [7, 11) is 0. The third kappa shape index (κ3) is 4.09. The third-order valence-corrected chi connectivity index (χ3v) is 3.76. The molecule has 0 aliphatic carbocycles. The van der Waals surface area contributed by atoms with Crippen LogP contribution >= 0.6 is 0 Å². The molecule has 1 aliphatic rings. The molecule has 1 unspecified atom stereocenters. The predicted molar refractivity (Wildman–Crippen MR) is 74.4 cm³/mol. The van der Waals surface area contributed by atoms with Gasteiger partial charge >= 0.3 is 12.2 Å². The number of likely N-dealkylation sites (tertiary alicyclic amines) is 1. The highest BCUT2D eigenvalue weighted by atomic mass is 19.4. The molecule has 5 nitrogen and oxygen atoms in total. The Bertz CT molecular complexity index is 528. The lowest BCUT2D eigenvalue weighted by Gasteiger charge is -2.34. The molecular formula is C14H18F3N3O2. The molecule has 8 heteroatoms. The van der Waals surface area contributed by atoms with Gasteiger partial charge in [-0.3, -0.25) is 4.98 Å².